The predicted octanol–water partition coefficient (Wildman–Crippen LogP) is 2.50. The first-order valence-electron chi connectivity index (χ1n) is 10.5. The second-order valence-corrected chi connectivity index (χ2v) is 8.21. The minimum atomic E-state index is -0.281. The number of halogens is 1. The SMILES string of the molecule is O=C1CCC(C(=O)Nc2cc(-c3cncc(NCC4CCOCC4)n3)c(Cl)cn2)CN1. The molecule has 3 N–H and O–H groups in total. The fourth-order valence-corrected chi connectivity index (χ4v) is 3.87. The smallest absolute Gasteiger partial charge is 0.230 e. The van der Waals surface area contributed by atoms with E-state index in [1.807, 2.05) is 0 Å². The molecule has 0 saturated carbocycles. The topological polar surface area (TPSA) is 118 Å². The predicted molar refractivity (Wildman–Crippen MR) is 117 cm³/mol. The number of hydrogen-bond acceptors (Lipinski definition) is 7. The molecule has 31 heavy (non-hydrogen) atoms. The third kappa shape index (κ3) is 5.68. The maximum absolute atomic E-state index is 12.5. The van der Waals surface area contributed by atoms with E-state index in [9.17, 15) is 9.59 Å². The number of nitrogens with one attached hydrogen (secondary N) is 3. The van der Waals surface area contributed by atoms with E-state index in [1.54, 1.807) is 18.5 Å². The highest BCUT2D eigenvalue weighted by molar-refractivity contribution is 6.33. The molecule has 0 spiro atoms. The van der Waals surface area contributed by atoms with Crippen molar-refractivity contribution in [3.8, 4) is 11.3 Å². The molecule has 1 unspecified atom stereocenters. The first kappa shape index (κ1) is 21.5. The summed E-state index contributed by atoms with van der Waals surface area (Å²) in [4.78, 5) is 36.9. The molecule has 2 aromatic heterocycles. The van der Waals surface area contributed by atoms with Crippen LogP contribution in [0.25, 0.3) is 11.3 Å². The maximum atomic E-state index is 12.5. The van der Waals surface area contributed by atoms with Crippen LogP contribution in [-0.2, 0) is 14.3 Å². The lowest BCUT2D eigenvalue weighted by Crippen LogP contribution is -2.40. The molecule has 164 valence electrons. The van der Waals surface area contributed by atoms with Crippen molar-refractivity contribution < 1.29 is 14.3 Å². The van der Waals surface area contributed by atoms with E-state index in [2.05, 4.69) is 30.9 Å². The summed E-state index contributed by atoms with van der Waals surface area (Å²) in [7, 11) is 0. The summed E-state index contributed by atoms with van der Waals surface area (Å²) in [5.41, 5.74) is 1.22. The Hall–Kier alpha value is -2.78. The summed E-state index contributed by atoms with van der Waals surface area (Å²) in [5, 5.41) is 9.29. The van der Waals surface area contributed by atoms with Crippen LogP contribution in [0.2, 0.25) is 5.02 Å². The van der Waals surface area contributed by atoms with Crippen LogP contribution in [0, 0.1) is 11.8 Å². The Bertz CT molecular complexity index is 940. The summed E-state index contributed by atoms with van der Waals surface area (Å²) in [6.07, 6.45) is 7.72. The van der Waals surface area contributed by atoms with Crippen LogP contribution in [0.1, 0.15) is 25.7 Å². The highest BCUT2D eigenvalue weighted by atomic mass is 35.5. The molecule has 4 heterocycles. The van der Waals surface area contributed by atoms with Crippen molar-refractivity contribution in [1.29, 1.82) is 0 Å². The second-order valence-electron chi connectivity index (χ2n) is 7.80. The zero-order valence-electron chi connectivity index (χ0n) is 17.1. The third-order valence-corrected chi connectivity index (χ3v) is 5.87. The van der Waals surface area contributed by atoms with E-state index in [1.165, 1.54) is 6.20 Å². The van der Waals surface area contributed by atoms with Crippen molar-refractivity contribution >= 4 is 35.1 Å². The molecule has 2 aliphatic heterocycles. The number of hydrogen-bond donors (Lipinski definition) is 3. The molecule has 1 atom stereocenters. The Morgan fingerprint density at radius 1 is 1.19 bits per heavy atom. The van der Waals surface area contributed by atoms with Gasteiger partial charge in [0, 0.05) is 44.5 Å². The third-order valence-electron chi connectivity index (χ3n) is 5.57. The van der Waals surface area contributed by atoms with Crippen LogP contribution in [0.4, 0.5) is 11.6 Å². The Morgan fingerprint density at radius 3 is 2.81 bits per heavy atom. The van der Waals surface area contributed by atoms with Crippen LogP contribution in [0.5, 0.6) is 0 Å². The first-order valence-corrected chi connectivity index (χ1v) is 10.8. The first-order chi connectivity index (χ1) is 15.1. The van der Waals surface area contributed by atoms with Gasteiger partial charge in [-0.2, -0.15) is 0 Å². The average molecular weight is 445 g/mol. The highest BCUT2D eigenvalue weighted by Gasteiger charge is 2.25. The molecule has 2 amide bonds. The monoisotopic (exact) mass is 444 g/mol. The van der Waals surface area contributed by atoms with E-state index in [0.717, 1.165) is 32.6 Å². The van der Waals surface area contributed by atoms with Crippen LogP contribution in [-0.4, -0.2) is 53.1 Å². The molecule has 10 heteroatoms. The van der Waals surface area contributed by atoms with E-state index in [0.29, 0.717) is 53.2 Å². The lowest BCUT2D eigenvalue weighted by atomic mass is 9.98. The van der Waals surface area contributed by atoms with Crippen molar-refractivity contribution in [1.82, 2.24) is 20.3 Å². The lowest BCUT2D eigenvalue weighted by molar-refractivity contribution is -0.126. The number of piperidine rings is 1. The van der Waals surface area contributed by atoms with E-state index >= 15 is 0 Å². The maximum Gasteiger partial charge on any atom is 0.230 e. The Kier molecular flexibility index (Phi) is 6.93. The zero-order chi connectivity index (χ0) is 21.6. The van der Waals surface area contributed by atoms with Gasteiger partial charge in [0.15, 0.2) is 0 Å². The fourth-order valence-electron chi connectivity index (χ4n) is 3.67. The number of carbonyl (C=O) groups is 2. The fraction of sp³-hybridized carbons (Fsp3) is 0.476. The summed E-state index contributed by atoms with van der Waals surface area (Å²) < 4.78 is 5.40. The quantitative estimate of drug-likeness (QED) is 0.626. The molecular formula is C21H25ClN6O3. The van der Waals surface area contributed by atoms with Crippen molar-refractivity contribution in [2.75, 3.05) is 36.9 Å². The lowest BCUT2D eigenvalue weighted by Gasteiger charge is -2.22. The number of rotatable bonds is 6. The van der Waals surface area contributed by atoms with Gasteiger partial charge >= 0.3 is 0 Å². The Balaban J connectivity index is 1.44. The van der Waals surface area contributed by atoms with Gasteiger partial charge < -0.3 is 20.7 Å². The number of ether oxygens (including phenoxy) is 1. The molecule has 2 fully saturated rings. The molecular weight excluding hydrogens is 420 g/mol. The van der Waals surface area contributed by atoms with Crippen LogP contribution in [0.3, 0.4) is 0 Å². The number of pyridine rings is 1. The number of aromatic nitrogens is 3. The minimum Gasteiger partial charge on any atom is -0.381 e. The van der Waals surface area contributed by atoms with E-state index < -0.39 is 0 Å². The summed E-state index contributed by atoms with van der Waals surface area (Å²) in [6.45, 7) is 2.74. The summed E-state index contributed by atoms with van der Waals surface area (Å²) >= 11 is 6.36. The van der Waals surface area contributed by atoms with Crippen LogP contribution >= 0.6 is 11.6 Å². The number of amides is 2. The van der Waals surface area contributed by atoms with Gasteiger partial charge in [0.05, 0.1) is 29.0 Å². The molecule has 2 aromatic rings. The van der Waals surface area contributed by atoms with Crippen molar-refractivity contribution in [2.24, 2.45) is 11.8 Å². The molecule has 2 saturated heterocycles. The summed E-state index contributed by atoms with van der Waals surface area (Å²) in [5.74, 6) is 1.11. The van der Waals surface area contributed by atoms with E-state index in [-0.39, 0.29) is 17.7 Å². The van der Waals surface area contributed by atoms with Gasteiger partial charge in [-0.3, -0.25) is 14.6 Å². The molecule has 2 aliphatic rings. The zero-order valence-corrected chi connectivity index (χ0v) is 17.8. The molecule has 0 aliphatic carbocycles. The highest BCUT2D eigenvalue weighted by Crippen LogP contribution is 2.28. The van der Waals surface area contributed by atoms with Gasteiger partial charge in [-0.1, -0.05) is 11.6 Å². The average Bonchev–Trinajstić information content (AvgIpc) is 2.80. The van der Waals surface area contributed by atoms with Gasteiger partial charge in [-0.25, -0.2) is 9.97 Å². The van der Waals surface area contributed by atoms with Gasteiger partial charge in [0.25, 0.3) is 0 Å². The van der Waals surface area contributed by atoms with Crippen molar-refractivity contribution in [2.45, 2.75) is 25.7 Å². The molecule has 0 bridgehead atoms. The Labute approximate surface area is 185 Å². The van der Waals surface area contributed by atoms with Gasteiger partial charge in [-0.15, -0.1) is 0 Å². The second kappa shape index (κ2) is 10.0. The molecule has 0 aromatic carbocycles. The van der Waals surface area contributed by atoms with Gasteiger partial charge in [0.1, 0.15) is 11.6 Å². The molecule has 4 rings (SSSR count). The number of nitrogens with zero attached hydrogens (tertiary/aromatic N) is 3. The minimum absolute atomic E-state index is 0.0279. The van der Waals surface area contributed by atoms with Crippen LogP contribution < -0.4 is 16.0 Å². The largest absolute Gasteiger partial charge is 0.381 e. The summed E-state index contributed by atoms with van der Waals surface area (Å²) in [6, 6.07) is 1.69. The van der Waals surface area contributed by atoms with Crippen molar-refractivity contribution in [3.63, 3.8) is 0 Å². The van der Waals surface area contributed by atoms with E-state index in [4.69, 9.17) is 16.3 Å². The Morgan fingerprint density at radius 2 is 2.03 bits per heavy atom. The van der Waals surface area contributed by atoms with Crippen LogP contribution in [0.15, 0.2) is 24.7 Å². The van der Waals surface area contributed by atoms with Gasteiger partial charge in [-0.05, 0) is 31.2 Å². The normalized spacial score (nSPS) is 19.5. The van der Waals surface area contributed by atoms with Gasteiger partial charge in [0.2, 0.25) is 11.8 Å². The standard InChI is InChI=1S/C21H25ClN6O3/c22-16-10-25-18(28-21(30)14-1-2-20(29)26-9-14)7-15(16)17-11-23-12-19(27-17)24-8-13-3-5-31-6-4-13/h7,10-14H,1-6,8-9H2,(H,24,27)(H,26,29)(H,25,28,30). The molecule has 0 radical (unpaired) electrons. The number of anilines is 2. The molecule has 9 nitrogen and oxygen atoms in total. The van der Waals surface area contributed by atoms with Crippen molar-refractivity contribution in [3.05, 3.63) is 29.7 Å². The number of carbonyl (C=O) groups excluding carboxylic acids is 2.